The van der Waals surface area contributed by atoms with Gasteiger partial charge in [-0.1, -0.05) is 19.1 Å². The Balaban J connectivity index is 0.00000288. The number of rotatable bonds is 4. The number of hydrogen-bond donors (Lipinski definition) is 1. The number of likely N-dealkylation sites (tertiary alicyclic amines) is 1. The number of piperidine rings is 1. The van der Waals surface area contributed by atoms with Gasteiger partial charge in [0.1, 0.15) is 10.7 Å². The highest BCUT2D eigenvalue weighted by Gasteiger charge is 2.21. The van der Waals surface area contributed by atoms with Crippen molar-refractivity contribution in [3.8, 4) is 0 Å². The Labute approximate surface area is 160 Å². The maximum Gasteiger partial charge on any atom is 0.193 e. The third kappa shape index (κ3) is 5.58. The van der Waals surface area contributed by atoms with Gasteiger partial charge in [0.05, 0.1) is 5.75 Å². The zero-order valence-corrected chi connectivity index (χ0v) is 17.2. The average molecular weight is 469 g/mol. The van der Waals surface area contributed by atoms with Crippen LogP contribution in [0.25, 0.3) is 0 Å². The second kappa shape index (κ2) is 9.55. The van der Waals surface area contributed by atoms with Gasteiger partial charge in [-0.25, -0.2) is 12.8 Å². The molecule has 136 valence electrons. The summed E-state index contributed by atoms with van der Waals surface area (Å²) in [6.45, 7) is 4.27. The van der Waals surface area contributed by atoms with E-state index in [0.29, 0.717) is 11.9 Å². The van der Waals surface area contributed by atoms with E-state index in [2.05, 4.69) is 22.1 Å². The Morgan fingerprint density at radius 3 is 2.54 bits per heavy atom. The molecule has 0 spiro atoms. The van der Waals surface area contributed by atoms with E-state index in [9.17, 15) is 12.8 Å². The molecule has 0 aliphatic carbocycles. The maximum atomic E-state index is 13.6. The molecular formula is C16H25FIN3O2S. The van der Waals surface area contributed by atoms with Gasteiger partial charge in [-0.3, -0.25) is 4.99 Å². The smallest absolute Gasteiger partial charge is 0.193 e. The molecule has 2 rings (SSSR count). The SMILES string of the molecule is CN=C(NCCS(=O)(=O)c1ccccc1F)N1CCC(C)CC1.I. The molecule has 0 unspecified atom stereocenters. The fourth-order valence-electron chi connectivity index (χ4n) is 2.66. The lowest BCUT2D eigenvalue weighted by Crippen LogP contribution is -2.46. The molecule has 0 radical (unpaired) electrons. The Hall–Kier alpha value is -0.900. The molecule has 5 nitrogen and oxygen atoms in total. The first-order valence-electron chi connectivity index (χ1n) is 7.87. The molecule has 1 heterocycles. The third-order valence-electron chi connectivity index (χ3n) is 4.12. The van der Waals surface area contributed by atoms with Gasteiger partial charge >= 0.3 is 0 Å². The lowest BCUT2D eigenvalue weighted by Gasteiger charge is -2.32. The molecule has 0 amide bonds. The normalized spacial score (nSPS) is 16.6. The highest BCUT2D eigenvalue weighted by atomic mass is 127. The van der Waals surface area contributed by atoms with Crippen LogP contribution < -0.4 is 5.32 Å². The van der Waals surface area contributed by atoms with Crippen LogP contribution in [0.4, 0.5) is 4.39 Å². The number of halogens is 2. The Morgan fingerprint density at radius 1 is 1.33 bits per heavy atom. The van der Waals surface area contributed by atoms with Crippen LogP contribution in [0.1, 0.15) is 19.8 Å². The molecule has 1 aliphatic rings. The molecule has 8 heteroatoms. The number of benzene rings is 1. The Kier molecular flexibility index (Phi) is 8.41. The van der Waals surface area contributed by atoms with E-state index >= 15 is 0 Å². The van der Waals surface area contributed by atoms with Crippen molar-refractivity contribution in [1.82, 2.24) is 10.2 Å². The molecule has 24 heavy (non-hydrogen) atoms. The van der Waals surface area contributed by atoms with Crippen molar-refractivity contribution in [2.24, 2.45) is 10.9 Å². The molecule has 0 atom stereocenters. The van der Waals surface area contributed by atoms with E-state index in [1.807, 2.05) is 0 Å². The van der Waals surface area contributed by atoms with Crippen LogP contribution in [0.15, 0.2) is 34.2 Å². The van der Waals surface area contributed by atoms with Crippen LogP contribution in [-0.4, -0.2) is 51.7 Å². The maximum absolute atomic E-state index is 13.6. The van der Waals surface area contributed by atoms with Gasteiger partial charge in [-0.2, -0.15) is 0 Å². The largest absolute Gasteiger partial charge is 0.355 e. The minimum atomic E-state index is -3.65. The van der Waals surface area contributed by atoms with Gasteiger partial charge in [0.2, 0.25) is 0 Å². The van der Waals surface area contributed by atoms with Gasteiger partial charge in [-0.15, -0.1) is 24.0 Å². The summed E-state index contributed by atoms with van der Waals surface area (Å²) < 4.78 is 38.1. The van der Waals surface area contributed by atoms with E-state index in [-0.39, 0.29) is 41.2 Å². The number of nitrogens with one attached hydrogen (secondary N) is 1. The van der Waals surface area contributed by atoms with Gasteiger partial charge in [0.25, 0.3) is 0 Å². The molecule has 1 aromatic carbocycles. The van der Waals surface area contributed by atoms with E-state index in [4.69, 9.17) is 0 Å². The number of hydrogen-bond acceptors (Lipinski definition) is 3. The minimum absolute atomic E-state index is 0. The van der Waals surface area contributed by atoms with Crippen LogP contribution >= 0.6 is 24.0 Å². The molecule has 1 aromatic rings. The second-order valence-corrected chi connectivity index (χ2v) is 7.97. The van der Waals surface area contributed by atoms with Crippen molar-refractivity contribution in [2.75, 3.05) is 32.4 Å². The summed E-state index contributed by atoms with van der Waals surface area (Å²) in [4.78, 5) is 6.10. The summed E-state index contributed by atoms with van der Waals surface area (Å²) in [6, 6.07) is 5.46. The summed E-state index contributed by atoms with van der Waals surface area (Å²) in [5.41, 5.74) is 0. The summed E-state index contributed by atoms with van der Waals surface area (Å²) >= 11 is 0. The number of aliphatic imine (C=N–C) groups is 1. The molecule has 0 aromatic heterocycles. The van der Waals surface area contributed by atoms with Crippen molar-refractivity contribution in [3.05, 3.63) is 30.1 Å². The fourth-order valence-corrected chi connectivity index (χ4v) is 3.90. The summed E-state index contributed by atoms with van der Waals surface area (Å²) in [7, 11) is -1.96. The Bertz CT molecular complexity index is 659. The lowest BCUT2D eigenvalue weighted by atomic mass is 10.00. The van der Waals surface area contributed by atoms with Gasteiger partial charge < -0.3 is 10.2 Å². The zero-order chi connectivity index (χ0) is 16.9. The van der Waals surface area contributed by atoms with Crippen LogP contribution in [0.5, 0.6) is 0 Å². The van der Waals surface area contributed by atoms with E-state index in [1.54, 1.807) is 7.05 Å². The van der Waals surface area contributed by atoms with Gasteiger partial charge in [0.15, 0.2) is 15.8 Å². The minimum Gasteiger partial charge on any atom is -0.355 e. The average Bonchev–Trinajstić information content (AvgIpc) is 2.53. The second-order valence-electron chi connectivity index (χ2n) is 5.89. The number of sulfone groups is 1. The van der Waals surface area contributed by atoms with Crippen LogP contribution in [0.3, 0.4) is 0 Å². The quantitative estimate of drug-likeness (QED) is 0.419. The predicted octanol–water partition coefficient (Wildman–Crippen LogP) is 2.52. The molecule has 1 aliphatic heterocycles. The standard InChI is InChI=1S/C16H24FN3O2S.HI/c1-13-7-10-20(11-8-13)16(18-2)19-9-12-23(21,22)15-6-4-3-5-14(15)17;/h3-6,13H,7-12H2,1-2H3,(H,18,19);1H. The van der Waals surface area contributed by atoms with E-state index in [0.717, 1.165) is 32.0 Å². The van der Waals surface area contributed by atoms with Crippen LogP contribution in [0.2, 0.25) is 0 Å². The highest BCUT2D eigenvalue weighted by Crippen LogP contribution is 2.16. The summed E-state index contributed by atoms with van der Waals surface area (Å²) in [5.74, 6) is 0.547. The lowest BCUT2D eigenvalue weighted by molar-refractivity contribution is 0.274. The number of guanidine groups is 1. The topological polar surface area (TPSA) is 61.8 Å². The Morgan fingerprint density at radius 2 is 1.96 bits per heavy atom. The molecule has 0 saturated carbocycles. The van der Waals surface area contributed by atoms with Crippen molar-refractivity contribution in [3.63, 3.8) is 0 Å². The first-order valence-corrected chi connectivity index (χ1v) is 9.52. The van der Waals surface area contributed by atoms with E-state index in [1.165, 1.54) is 18.2 Å². The summed E-state index contributed by atoms with van der Waals surface area (Å²) in [5, 5.41) is 3.07. The molecule has 1 saturated heterocycles. The molecule has 1 N–H and O–H groups in total. The van der Waals surface area contributed by atoms with Crippen molar-refractivity contribution in [1.29, 1.82) is 0 Å². The number of nitrogens with zero attached hydrogens (tertiary/aromatic N) is 2. The molecule has 0 bridgehead atoms. The van der Waals surface area contributed by atoms with Gasteiger partial charge in [-0.05, 0) is 30.9 Å². The molecular weight excluding hydrogens is 444 g/mol. The van der Waals surface area contributed by atoms with Crippen molar-refractivity contribution in [2.45, 2.75) is 24.7 Å². The van der Waals surface area contributed by atoms with Crippen molar-refractivity contribution < 1.29 is 12.8 Å². The van der Waals surface area contributed by atoms with Crippen LogP contribution in [-0.2, 0) is 9.84 Å². The summed E-state index contributed by atoms with van der Waals surface area (Å²) in [6.07, 6.45) is 2.21. The first-order chi connectivity index (χ1) is 10.9. The van der Waals surface area contributed by atoms with Crippen molar-refractivity contribution >= 4 is 39.8 Å². The molecule has 1 fully saturated rings. The first kappa shape index (κ1) is 21.1. The monoisotopic (exact) mass is 469 g/mol. The zero-order valence-electron chi connectivity index (χ0n) is 14.0. The highest BCUT2D eigenvalue weighted by molar-refractivity contribution is 14.0. The van der Waals surface area contributed by atoms with Crippen LogP contribution in [0, 0.1) is 11.7 Å². The third-order valence-corrected chi connectivity index (χ3v) is 5.86. The predicted molar refractivity (Wildman–Crippen MR) is 105 cm³/mol. The fraction of sp³-hybridized carbons (Fsp3) is 0.562. The van der Waals surface area contributed by atoms with E-state index < -0.39 is 15.7 Å². The van der Waals surface area contributed by atoms with Gasteiger partial charge in [0, 0.05) is 26.7 Å².